The first-order valence-electron chi connectivity index (χ1n) is 9.62. The molecule has 0 aliphatic carbocycles. The predicted molar refractivity (Wildman–Crippen MR) is 111 cm³/mol. The van der Waals surface area contributed by atoms with Gasteiger partial charge in [0.05, 0.1) is 0 Å². The molecular weight excluding hydrogens is 348 g/mol. The van der Waals surface area contributed by atoms with Crippen LogP contribution < -0.4 is 15.5 Å². The SMILES string of the molecule is O=C(NCc1ccccc1)c1cccc(N2CCNC(c3ccccc3)C2)n1. The summed E-state index contributed by atoms with van der Waals surface area (Å²) in [5, 5.41) is 6.51. The summed E-state index contributed by atoms with van der Waals surface area (Å²) >= 11 is 0. The number of piperazine rings is 1. The second-order valence-corrected chi connectivity index (χ2v) is 6.91. The van der Waals surface area contributed by atoms with Crippen LogP contribution in [0.2, 0.25) is 0 Å². The van der Waals surface area contributed by atoms with Crippen LogP contribution in [0.5, 0.6) is 0 Å². The van der Waals surface area contributed by atoms with Crippen molar-refractivity contribution in [3.05, 3.63) is 95.7 Å². The molecule has 4 rings (SSSR count). The molecule has 28 heavy (non-hydrogen) atoms. The standard InChI is InChI=1S/C23H24N4O/c28-23(25-16-18-8-3-1-4-9-18)20-12-7-13-22(26-20)27-15-14-24-21(17-27)19-10-5-2-6-11-19/h1-13,21,24H,14-17H2,(H,25,28). The number of rotatable bonds is 5. The Morgan fingerprint density at radius 1 is 1.00 bits per heavy atom. The number of benzene rings is 2. The topological polar surface area (TPSA) is 57.3 Å². The fraction of sp³-hybridized carbons (Fsp3) is 0.217. The fourth-order valence-corrected chi connectivity index (χ4v) is 3.46. The minimum absolute atomic E-state index is 0.152. The zero-order chi connectivity index (χ0) is 19.2. The lowest BCUT2D eigenvalue weighted by Crippen LogP contribution is -2.46. The maximum absolute atomic E-state index is 12.5. The predicted octanol–water partition coefficient (Wildman–Crippen LogP) is 3.16. The van der Waals surface area contributed by atoms with Gasteiger partial charge < -0.3 is 15.5 Å². The Balaban J connectivity index is 1.43. The van der Waals surface area contributed by atoms with Gasteiger partial charge in [-0.3, -0.25) is 4.79 Å². The smallest absolute Gasteiger partial charge is 0.270 e. The molecule has 1 aliphatic rings. The highest BCUT2D eigenvalue weighted by Gasteiger charge is 2.22. The van der Waals surface area contributed by atoms with Gasteiger partial charge in [-0.05, 0) is 23.3 Å². The number of nitrogens with one attached hydrogen (secondary N) is 2. The van der Waals surface area contributed by atoms with Crippen molar-refractivity contribution in [3.63, 3.8) is 0 Å². The molecule has 1 aromatic heterocycles. The van der Waals surface area contributed by atoms with Crippen LogP contribution in [0.15, 0.2) is 78.9 Å². The van der Waals surface area contributed by atoms with E-state index in [0.717, 1.165) is 31.0 Å². The van der Waals surface area contributed by atoms with E-state index in [1.165, 1.54) is 5.56 Å². The van der Waals surface area contributed by atoms with Gasteiger partial charge in [0.2, 0.25) is 0 Å². The molecule has 1 aliphatic heterocycles. The van der Waals surface area contributed by atoms with Crippen molar-refractivity contribution in [1.29, 1.82) is 0 Å². The van der Waals surface area contributed by atoms with E-state index in [2.05, 4.69) is 44.8 Å². The molecule has 1 unspecified atom stereocenters. The van der Waals surface area contributed by atoms with Gasteiger partial charge >= 0.3 is 0 Å². The van der Waals surface area contributed by atoms with E-state index < -0.39 is 0 Å². The summed E-state index contributed by atoms with van der Waals surface area (Å²) in [5.41, 5.74) is 2.78. The largest absolute Gasteiger partial charge is 0.353 e. The highest BCUT2D eigenvalue weighted by molar-refractivity contribution is 5.92. The molecule has 0 spiro atoms. The molecule has 5 nitrogen and oxygen atoms in total. The van der Waals surface area contributed by atoms with E-state index in [0.29, 0.717) is 12.2 Å². The summed E-state index contributed by atoms with van der Waals surface area (Å²) in [7, 11) is 0. The average molecular weight is 372 g/mol. The van der Waals surface area contributed by atoms with E-state index >= 15 is 0 Å². The number of nitrogens with zero attached hydrogens (tertiary/aromatic N) is 2. The van der Waals surface area contributed by atoms with Crippen LogP contribution in [0.4, 0.5) is 5.82 Å². The Bertz CT molecular complexity index is 914. The Labute approximate surface area is 165 Å². The van der Waals surface area contributed by atoms with Gasteiger partial charge in [0.1, 0.15) is 11.5 Å². The van der Waals surface area contributed by atoms with Crippen molar-refractivity contribution in [2.45, 2.75) is 12.6 Å². The van der Waals surface area contributed by atoms with Crippen LogP contribution in [0.1, 0.15) is 27.7 Å². The van der Waals surface area contributed by atoms with Gasteiger partial charge in [-0.1, -0.05) is 66.7 Å². The van der Waals surface area contributed by atoms with E-state index in [1.807, 2.05) is 48.5 Å². The van der Waals surface area contributed by atoms with E-state index in [-0.39, 0.29) is 11.9 Å². The molecule has 1 amide bonds. The Hall–Kier alpha value is -3.18. The zero-order valence-electron chi connectivity index (χ0n) is 15.7. The number of pyridine rings is 1. The maximum atomic E-state index is 12.5. The summed E-state index contributed by atoms with van der Waals surface area (Å²) in [5.74, 6) is 0.690. The molecule has 0 saturated carbocycles. The third-order valence-electron chi connectivity index (χ3n) is 4.96. The Morgan fingerprint density at radius 3 is 2.54 bits per heavy atom. The lowest BCUT2D eigenvalue weighted by molar-refractivity contribution is 0.0946. The molecule has 5 heteroatoms. The molecule has 3 aromatic rings. The van der Waals surface area contributed by atoms with Crippen LogP contribution in [0, 0.1) is 0 Å². The molecular formula is C23H24N4O. The lowest BCUT2D eigenvalue weighted by atomic mass is 10.0. The maximum Gasteiger partial charge on any atom is 0.270 e. The number of anilines is 1. The number of carbonyl (C=O) groups excluding carboxylic acids is 1. The average Bonchev–Trinajstić information content (AvgIpc) is 2.79. The Kier molecular flexibility index (Phi) is 5.64. The molecule has 1 fully saturated rings. The second kappa shape index (κ2) is 8.67. The van der Waals surface area contributed by atoms with Gasteiger partial charge in [-0.2, -0.15) is 0 Å². The quantitative estimate of drug-likeness (QED) is 0.722. The van der Waals surface area contributed by atoms with Gasteiger partial charge in [0.25, 0.3) is 5.91 Å². The summed E-state index contributed by atoms with van der Waals surface area (Å²) in [6.07, 6.45) is 0. The summed E-state index contributed by atoms with van der Waals surface area (Å²) in [4.78, 5) is 19.4. The van der Waals surface area contributed by atoms with Crippen molar-refractivity contribution in [2.24, 2.45) is 0 Å². The van der Waals surface area contributed by atoms with Crippen molar-refractivity contribution in [1.82, 2.24) is 15.6 Å². The molecule has 142 valence electrons. The molecule has 0 bridgehead atoms. The molecule has 2 heterocycles. The van der Waals surface area contributed by atoms with Crippen LogP contribution >= 0.6 is 0 Å². The zero-order valence-corrected chi connectivity index (χ0v) is 15.7. The van der Waals surface area contributed by atoms with Crippen LogP contribution in [-0.2, 0) is 6.54 Å². The van der Waals surface area contributed by atoms with Gasteiger partial charge in [0.15, 0.2) is 0 Å². The van der Waals surface area contributed by atoms with E-state index in [4.69, 9.17) is 0 Å². The van der Waals surface area contributed by atoms with Crippen LogP contribution in [-0.4, -0.2) is 30.5 Å². The summed E-state index contributed by atoms with van der Waals surface area (Å²) in [6.45, 7) is 3.07. The van der Waals surface area contributed by atoms with Crippen LogP contribution in [0.25, 0.3) is 0 Å². The van der Waals surface area contributed by atoms with E-state index in [9.17, 15) is 4.79 Å². The van der Waals surface area contributed by atoms with Gasteiger partial charge in [0, 0.05) is 32.2 Å². The lowest BCUT2D eigenvalue weighted by Gasteiger charge is -2.34. The first-order valence-corrected chi connectivity index (χ1v) is 9.62. The van der Waals surface area contributed by atoms with Crippen LogP contribution in [0.3, 0.4) is 0 Å². The van der Waals surface area contributed by atoms with Crippen molar-refractivity contribution in [3.8, 4) is 0 Å². The monoisotopic (exact) mass is 372 g/mol. The normalized spacial score (nSPS) is 16.6. The van der Waals surface area contributed by atoms with E-state index in [1.54, 1.807) is 6.07 Å². The van der Waals surface area contributed by atoms with Crippen molar-refractivity contribution in [2.75, 3.05) is 24.5 Å². The third kappa shape index (κ3) is 4.38. The summed E-state index contributed by atoms with van der Waals surface area (Å²) < 4.78 is 0. The summed E-state index contributed by atoms with van der Waals surface area (Å²) in [6, 6.07) is 26.2. The highest BCUT2D eigenvalue weighted by atomic mass is 16.1. The minimum atomic E-state index is -0.152. The molecule has 2 N–H and O–H groups in total. The third-order valence-corrected chi connectivity index (χ3v) is 4.96. The minimum Gasteiger partial charge on any atom is -0.353 e. The molecule has 1 saturated heterocycles. The number of hydrogen-bond donors (Lipinski definition) is 2. The first kappa shape index (κ1) is 18.2. The van der Waals surface area contributed by atoms with Crippen molar-refractivity contribution >= 4 is 11.7 Å². The first-order chi connectivity index (χ1) is 13.8. The number of amides is 1. The second-order valence-electron chi connectivity index (χ2n) is 6.91. The van der Waals surface area contributed by atoms with Crippen molar-refractivity contribution < 1.29 is 4.79 Å². The Morgan fingerprint density at radius 2 is 1.75 bits per heavy atom. The highest BCUT2D eigenvalue weighted by Crippen LogP contribution is 2.21. The number of hydrogen-bond acceptors (Lipinski definition) is 4. The molecule has 2 aromatic carbocycles. The van der Waals surface area contributed by atoms with Gasteiger partial charge in [-0.15, -0.1) is 0 Å². The molecule has 1 atom stereocenters. The number of aromatic nitrogens is 1. The van der Waals surface area contributed by atoms with Gasteiger partial charge in [-0.25, -0.2) is 4.98 Å². The number of carbonyl (C=O) groups is 1. The molecule has 0 radical (unpaired) electrons. The fourth-order valence-electron chi connectivity index (χ4n) is 3.46.